The van der Waals surface area contributed by atoms with Gasteiger partial charge in [0, 0.05) is 12.5 Å². The second kappa shape index (κ2) is 7.82. The van der Waals surface area contributed by atoms with E-state index in [9.17, 15) is 14.4 Å². The SMILES string of the molecule is CCOC(=O)/C=C/C[C@@]1(C(=O)OCC)CCCCC1=O. The van der Waals surface area contributed by atoms with Crippen molar-refractivity contribution in [1.29, 1.82) is 0 Å². The minimum atomic E-state index is -1.11. The molecule has 1 aliphatic carbocycles. The van der Waals surface area contributed by atoms with E-state index in [0.29, 0.717) is 19.4 Å². The molecule has 0 unspecified atom stereocenters. The van der Waals surface area contributed by atoms with E-state index in [4.69, 9.17) is 9.47 Å². The van der Waals surface area contributed by atoms with E-state index in [0.717, 1.165) is 12.8 Å². The third-order valence-corrected chi connectivity index (χ3v) is 3.46. The number of Topliss-reactive ketones (excluding diaryl/α,β-unsaturated/α-hetero) is 1. The van der Waals surface area contributed by atoms with Gasteiger partial charge in [-0.25, -0.2) is 4.79 Å². The number of ketones is 1. The minimum absolute atomic E-state index is 0.0873. The lowest BCUT2D eigenvalue weighted by atomic mass is 9.70. The Kier molecular flexibility index (Phi) is 6.42. The molecule has 0 aliphatic heterocycles. The van der Waals surface area contributed by atoms with Crippen LogP contribution in [-0.4, -0.2) is 30.9 Å². The standard InChI is InChI=1S/C15H22O5/c1-3-19-13(17)9-7-11-15(14(18)20-4-2)10-6-5-8-12(15)16/h7,9H,3-6,8,10-11H2,1-2H3/b9-7+/t15-/m0/s1. The maximum absolute atomic E-state index is 12.2. The molecule has 0 radical (unpaired) electrons. The maximum Gasteiger partial charge on any atom is 0.330 e. The summed E-state index contributed by atoms with van der Waals surface area (Å²) in [7, 11) is 0. The van der Waals surface area contributed by atoms with E-state index in [1.165, 1.54) is 12.2 Å². The molecule has 0 saturated heterocycles. The van der Waals surface area contributed by atoms with Gasteiger partial charge in [0.1, 0.15) is 11.2 Å². The molecule has 5 nitrogen and oxygen atoms in total. The zero-order valence-corrected chi connectivity index (χ0v) is 12.1. The van der Waals surface area contributed by atoms with Gasteiger partial charge in [0.15, 0.2) is 0 Å². The number of ether oxygens (including phenoxy) is 2. The summed E-state index contributed by atoms with van der Waals surface area (Å²) in [4.78, 5) is 35.6. The van der Waals surface area contributed by atoms with Gasteiger partial charge in [-0.1, -0.05) is 12.5 Å². The van der Waals surface area contributed by atoms with Crippen molar-refractivity contribution in [3.63, 3.8) is 0 Å². The number of hydrogen-bond acceptors (Lipinski definition) is 5. The van der Waals surface area contributed by atoms with Gasteiger partial charge in [-0.05, 0) is 33.1 Å². The molecular formula is C15H22O5. The molecule has 112 valence electrons. The fourth-order valence-electron chi connectivity index (χ4n) is 2.42. The van der Waals surface area contributed by atoms with Crippen LogP contribution < -0.4 is 0 Å². The van der Waals surface area contributed by atoms with Gasteiger partial charge in [0.2, 0.25) is 0 Å². The molecule has 0 aromatic heterocycles. The van der Waals surface area contributed by atoms with Crippen LogP contribution in [0.2, 0.25) is 0 Å². The Morgan fingerprint density at radius 3 is 2.50 bits per heavy atom. The zero-order valence-electron chi connectivity index (χ0n) is 12.1. The molecule has 20 heavy (non-hydrogen) atoms. The summed E-state index contributed by atoms with van der Waals surface area (Å²) < 4.78 is 9.82. The monoisotopic (exact) mass is 282 g/mol. The lowest BCUT2D eigenvalue weighted by Gasteiger charge is -2.32. The second-order valence-electron chi connectivity index (χ2n) is 4.79. The van der Waals surface area contributed by atoms with Crippen LogP contribution in [-0.2, 0) is 23.9 Å². The molecule has 1 fully saturated rings. The molecule has 0 amide bonds. The summed E-state index contributed by atoms with van der Waals surface area (Å²) in [5, 5.41) is 0. The normalized spacial score (nSPS) is 22.8. The lowest BCUT2D eigenvalue weighted by Crippen LogP contribution is -2.42. The Bertz CT molecular complexity index is 399. The van der Waals surface area contributed by atoms with E-state index >= 15 is 0 Å². The molecule has 1 saturated carbocycles. The molecule has 0 aromatic rings. The third kappa shape index (κ3) is 3.92. The van der Waals surface area contributed by atoms with Crippen LogP contribution in [0.3, 0.4) is 0 Å². The van der Waals surface area contributed by atoms with Crippen LogP contribution in [0.5, 0.6) is 0 Å². The molecule has 1 rings (SSSR count). The summed E-state index contributed by atoms with van der Waals surface area (Å²) >= 11 is 0. The van der Waals surface area contributed by atoms with Crippen LogP contribution in [0, 0.1) is 5.41 Å². The van der Waals surface area contributed by atoms with Crippen LogP contribution in [0.4, 0.5) is 0 Å². The highest BCUT2D eigenvalue weighted by molar-refractivity contribution is 6.04. The van der Waals surface area contributed by atoms with Crippen molar-refractivity contribution in [3.05, 3.63) is 12.2 Å². The van der Waals surface area contributed by atoms with Gasteiger partial charge >= 0.3 is 11.9 Å². The molecule has 0 N–H and O–H groups in total. The van der Waals surface area contributed by atoms with E-state index in [1.807, 2.05) is 0 Å². The largest absolute Gasteiger partial charge is 0.465 e. The quantitative estimate of drug-likeness (QED) is 0.424. The Balaban J connectivity index is 2.80. The van der Waals surface area contributed by atoms with Crippen molar-refractivity contribution in [1.82, 2.24) is 0 Å². The van der Waals surface area contributed by atoms with Gasteiger partial charge in [-0.3, -0.25) is 9.59 Å². The van der Waals surface area contributed by atoms with Crippen molar-refractivity contribution in [2.75, 3.05) is 13.2 Å². The predicted octanol–water partition coefficient (Wildman–Crippen LogP) is 2.19. The van der Waals surface area contributed by atoms with E-state index in [1.54, 1.807) is 13.8 Å². The van der Waals surface area contributed by atoms with Gasteiger partial charge in [0.25, 0.3) is 0 Å². The van der Waals surface area contributed by atoms with Crippen LogP contribution >= 0.6 is 0 Å². The van der Waals surface area contributed by atoms with Crippen molar-refractivity contribution >= 4 is 17.7 Å². The van der Waals surface area contributed by atoms with E-state index < -0.39 is 17.4 Å². The summed E-state index contributed by atoms with van der Waals surface area (Å²) in [6, 6.07) is 0. The summed E-state index contributed by atoms with van der Waals surface area (Å²) in [5.74, 6) is -1.02. The number of rotatable bonds is 6. The number of carbonyl (C=O) groups excluding carboxylic acids is 3. The van der Waals surface area contributed by atoms with Gasteiger partial charge in [0.05, 0.1) is 13.2 Å². The smallest absolute Gasteiger partial charge is 0.330 e. The lowest BCUT2D eigenvalue weighted by molar-refractivity contribution is -0.162. The molecule has 1 aliphatic rings. The van der Waals surface area contributed by atoms with Crippen molar-refractivity contribution < 1.29 is 23.9 Å². The number of hydrogen-bond donors (Lipinski definition) is 0. The number of esters is 2. The molecule has 5 heteroatoms. The Hall–Kier alpha value is -1.65. The first-order valence-electron chi connectivity index (χ1n) is 7.10. The van der Waals surface area contributed by atoms with Gasteiger partial charge < -0.3 is 9.47 Å². The highest BCUT2D eigenvalue weighted by atomic mass is 16.5. The molecule has 0 heterocycles. The maximum atomic E-state index is 12.2. The first-order chi connectivity index (χ1) is 9.56. The summed E-state index contributed by atoms with van der Waals surface area (Å²) in [5.41, 5.74) is -1.11. The number of allylic oxidation sites excluding steroid dienone is 1. The van der Waals surface area contributed by atoms with Crippen molar-refractivity contribution in [2.24, 2.45) is 5.41 Å². The third-order valence-electron chi connectivity index (χ3n) is 3.46. The summed E-state index contributed by atoms with van der Waals surface area (Å²) in [6.45, 7) is 3.98. The average Bonchev–Trinajstić information content (AvgIpc) is 2.41. The first-order valence-corrected chi connectivity index (χ1v) is 7.10. The average molecular weight is 282 g/mol. The highest BCUT2D eigenvalue weighted by Crippen LogP contribution is 2.38. The van der Waals surface area contributed by atoms with Crippen LogP contribution in [0.25, 0.3) is 0 Å². The Morgan fingerprint density at radius 2 is 1.90 bits per heavy atom. The fraction of sp³-hybridized carbons (Fsp3) is 0.667. The first kappa shape index (κ1) is 16.4. The van der Waals surface area contributed by atoms with E-state index in [2.05, 4.69) is 0 Å². The molecule has 0 spiro atoms. The molecule has 0 aromatic carbocycles. The zero-order chi connectivity index (χ0) is 15.0. The molecule has 0 bridgehead atoms. The van der Waals surface area contributed by atoms with Gasteiger partial charge in [-0.15, -0.1) is 0 Å². The van der Waals surface area contributed by atoms with Crippen molar-refractivity contribution in [3.8, 4) is 0 Å². The minimum Gasteiger partial charge on any atom is -0.465 e. The summed E-state index contributed by atoms with van der Waals surface area (Å²) in [6.07, 6.45) is 5.51. The fourth-order valence-corrected chi connectivity index (χ4v) is 2.42. The molecular weight excluding hydrogens is 260 g/mol. The topological polar surface area (TPSA) is 69.7 Å². The second-order valence-corrected chi connectivity index (χ2v) is 4.79. The Morgan fingerprint density at radius 1 is 1.20 bits per heavy atom. The van der Waals surface area contributed by atoms with Crippen molar-refractivity contribution in [2.45, 2.75) is 46.0 Å². The predicted molar refractivity (Wildman–Crippen MR) is 72.9 cm³/mol. The Labute approximate surface area is 119 Å². The number of carbonyl (C=O) groups is 3. The van der Waals surface area contributed by atoms with Crippen LogP contribution in [0.1, 0.15) is 46.0 Å². The highest BCUT2D eigenvalue weighted by Gasteiger charge is 2.46. The van der Waals surface area contributed by atoms with Gasteiger partial charge in [-0.2, -0.15) is 0 Å². The molecule has 1 atom stereocenters. The van der Waals surface area contributed by atoms with E-state index in [-0.39, 0.29) is 18.8 Å². The van der Waals surface area contributed by atoms with Crippen LogP contribution in [0.15, 0.2) is 12.2 Å².